The minimum Gasteiger partial charge on any atom is -0.490 e. The van der Waals surface area contributed by atoms with Gasteiger partial charge in [0.2, 0.25) is 0 Å². The molecule has 3 heterocycles. The monoisotopic (exact) mass is 928 g/mol. The summed E-state index contributed by atoms with van der Waals surface area (Å²) < 4.78 is 20.7. The van der Waals surface area contributed by atoms with E-state index in [4.69, 9.17) is 19.4 Å². The van der Waals surface area contributed by atoms with Gasteiger partial charge in [-0.2, -0.15) is 0 Å². The van der Waals surface area contributed by atoms with Crippen molar-refractivity contribution < 1.29 is 38.5 Å². The first-order valence-corrected chi connectivity index (χ1v) is 22.1. The van der Waals surface area contributed by atoms with Gasteiger partial charge in [0.25, 0.3) is 5.91 Å². The Morgan fingerprint density at radius 2 is 1.11 bits per heavy atom. The molecule has 0 saturated carbocycles. The number of anilines is 3. The van der Waals surface area contributed by atoms with Crippen LogP contribution in [0.25, 0.3) is 0 Å². The summed E-state index contributed by atoms with van der Waals surface area (Å²) in [6.45, 7) is 5.35. The second-order valence-electron chi connectivity index (χ2n) is 14.8. The van der Waals surface area contributed by atoms with Crippen molar-refractivity contribution in [3.8, 4) is 11.5 Å². The number of nitrogens with one attached hydrogen (secondary N) is 2. The minimum absolute atomic E-state index is 0.278. The first-order valence-electron chi connectivity index (χ1n) is 21.0. The zero-order valence-corrected chi connectivity index (χ0v) is 37.6. The molecule has 0 spiro atoms. The highest BCUT2D eigenvalue weighted by Gasteiger charge is 2.22. The number of rotatable bonds is 8. The molecule has 0 aliphatic carbocycles. The summed E-state index contributed by atoms with van der Waals surface area (Å²) in [5.74, 6) is 0.433. The predicted octanol–water partition coefficient (Wildman–Crippen LogP) is 9.49. The van der Waals surface area contributed by atoms with Crippen LogP contribution in [-0.2, 0) is 34.3 Å². The molecule has 332 valence electrons. The Hall–Kier alpha value is -6.83. The lowest BCUT2D eigenvalue weighted by Crippen LogP contribution is -2.32. The van der Waals surface area contributed by atoms with Gasteiger partial charge < -0.3 is 34.1 Å². The highest BCUT2D eigenvalue weighted by Crippen LogP contribution is 2.35. The number of amides is 1. The van der Waals surface area contributed by atoms with Crippen LogP contribution >= 0.6 is 15.9 Å². The zero-order valence-electron chi connectivity index (χ0n) is 36.0. The summed E-state index contributed by atoms with van der Waals surface area (Å²) in [6.07, 6.45) is 2.24. The molecule has 0 aromatic heterocycles. The molecule has 12 nitrogen and oxygen atoms in total. The number of benzene rings is 6. The number of alkyl halides is 1. The lowest BCUT2D eigenvalue weighted by atomic mass is 10.0. The molecule has 3 aliphatic heterocycles. The SMILES string of the molecule is BrCc1ccccc1.COC(=O)c1ccc2c(c1)N(Cc1ccccc1)CCO2.COC(=O)c1ccc2c(c1)NCCC2.O=C(NO)c1ccc2c(c1)N(Cc1ccccc1)CCO2. The van der Waals surface area contributed by atoms with Crippen LogP contribution in [0.2, 0.25) is 0 Å². The Labute approximate surface area is 382 Å². The molecule has 3 aliphatic rings. The van der Waals surface area contributed by atoms with Crippen LogP contribution < -0.4 is 30.1 Å². The van der Waals surface area contributed by atoms with Crippen molar-refractivity contribution in [3.05, 3.63) is 185 Å². The molecule has 64 heavy (non-hydrogen) atoms. The molecule has 0 saturated heterocycles. The van der Waals surface area contributed by atoms with E-state index >= 15 is 0 Å². The summed E-state index contributed by atoms with van der Waals surface area (Å²) in [4.78, 5) is 38.9. The second-order valence-corrected chi connectivity index (χ2v) is 15.4. The topological polar surface area (TPSA) is 139 Å². The van der Waals surface area contributed by atoms with E-state index in [1.54, 1.807) is 29.7 Å². The van der Waals surface area contributed by atoms with E-state index in [0.717, 1.165) is 79.5 Å². The van der Waals surface area contributed by atoms with Gasteiger partial charge in [0, 0.05) is 36.2 Å². The number of carbonyl (C=O) groups excluding carboxylic acids is 3. The largest absolute Gasteiger partial charge is 0.490 e. The fourth-order valence-corrected chi connectivity index (χ4v) is 7.58. The molecular formula is C51H53BrN4O8. The van der Waals surface area contributed by atoms with Gasteiger partial charge in [-0.15, -0.1) is 0 Å². The summed E-state index contributed by atoms with van der Waals surface area (Å²) in [6, 6.07) is 46.9. The lowest BCUT2D eigenvalue weighted by molar-refractivity contribution is 0.0592. The molecule has 0 radical (unpaired) electrons. The fourth-order valence-electron chi connectivity index (χ4n) is 7.21. The van der Waals surface area contributed by atoms with Crippen molar-refractivity contribution in [2.75, 3.05) is 62.2 Å². The van der Waals surface area contributed by atoms with Gasteiger partial charge in [-0.05, 0) is 83.6 Å². The number of nitrogens with zero attached hydrogens (tertiary/aromatic N) is 2. The van der Waals surface area contributed by atoms with Gasteiger partial charge in [0.1, 0.15) is 24.7 Å². The van der Waals surface area contributed by atoms with E-state index in [9.17, 15) is 14.4 Å². The Morgan fingerprint density at radius 1 is 0.641 bits per heavy atom. The number of hydroxylamine groups is 1. The van der Waals surface area contributed by atoms with Crippen LogP contribution in [0.5, 0.6) is 11.5 Å². The van der Waals surface area contributed by atoms with Gasteiger partial charge in [-0.1, -0.05) is 113 Å². The van der Waals surface area contributed by atoms with E-state index in [0.29, 0.717) is 29.9 Å². The summed E-state index contributed by atoms with van der Waals surface area (Å²) in [7, 11) is 2.79. The van der Waals surface area contributed by atoms with Crippen LogP contribution in [0, 0.1) is 0 Å². The Morgan fingerprint density at radius 3 is 1.59 bits per heavy atom. The smallest absolute Gasteiger partial charge is 0.337 e. The van der Waals surface area contributed by atoms with Crippen molar-refractivity contribution in [2.45, 2.75) is 31.3 Å². The van der Waals surface area contributed by atoms with Gasteiger partial charge in [0.05, 0.1) is 49.8 Å². The van der Waals surface area contributed by atoms with Crippen molar-refractivity contribution >= 4 is 50.8 Å². The van der Waals surface area contributed by atoms with E-state index < -0.39 is 5.91 Å². The summed E-state index contributed by atoms with van der Waals surface area (Å²) >= 11 is 3.36. The van der Waals surface area contributed by atoms with Gasteiger partial charge >= 0.3 is 11.9 Å². The molecule has 0 bridgehead atoms. The first kappa shape index (κ1) is 46.7. The van der Waals surface area contributed by atoms with E-state index in [2.05, 4.69) is 72.2 Å². The molecule has 0 unspecified atom stereocenters. The van der Waals surface area contributed by atoms with Crippen LogP contribution in [-0.4, -0.2) is 70.1 Å². The molecule has 6 aromatic carbocycles. The standard InChI is InChI=1S/C17H17NO3.C16H16N2O3.C11H13NO2.C7H7Br/c1-20-17(19)14-7-8-16-15(11-14)18(9-10-21-16)12-13-5-3-2-4-6-13;19-16(17-20)13-6-7-15-14(10-13)18(8-9-21-15)11-12-4-2-1-3-5-12;1-14-11(13)9-5-4-8-3-2-6-12-10(8)7-9;8-6-7-4-2-1-3-5-7/h2-8,11H,9-10,12H2,1H3;1-7,10,20H,8-9,11H2,(H,17,19);4-5,7,12H,2-3,6H2,1H3;1-5H,6H2. The molecule has 1 amide bonds. The molecule has 3 N–H and O–H groups in total. The van der Waals surface area contributed by atoms with Crippen LogP contribution in [0.4, 0.5) is 17.1 Å². The number of esters is 2. The van der Waals surface area contributed by atoms with Crippen molar-refractivity contribution in [2.24, 2.45) is 0 Å². The number of fused-ring (bicyclic) bond motifs is 3. The van der Waals surface area contributed by atoms with Crippen LogP contribution in [0.15, 0.2) is 146 Å². The third kappa shape index (κ3) is 13.1. The third-order valence-electron chi connectivity index (χ3n) is 10.5. The van der Waals surface area contributed by atoms with Gasteiger partial charge in [-0.25, -0.2) is 15.1 Å². The molecule has 0 fully saturated rings. The van der Waals surface area contributed by atoms with E-state index in [1.165, 1.54) is 36.5 Å². The number of methoxy groups -OCH3 is 2. The molecule has 6 aromatic rings. The van der Waals surface area contributed by atoms with Crippen molar-refractivity contribution in [1.82, 2.24) is 5.48 Å². The highest BCUT2D eigenvalue weighted by molar-refractivity contribution is 9.08. The molecule has 0 atom stereocenters. The normalized spacial score (nSPS) is 12.9. The summed E-state index contributed by atoms with van der Waals surface area (Å²) in [5, 5.41) is 13.0. The van der Waals surface area contributed by atoms with Crippen molar-refractivity contribution in [3.63, 3.8) is 0 Å². The zero-order chi connectivity index (χ0) is 45.1. The number of aryl methyl sites for hydroxylation is 1. The van der Waals surface area contributed by atoms with E-state index in [-0.39, 0.29) is 11.9 Å². The quantitative estimate of drug-likeness (QED) is 0.0583. The Kier molecular flexibility index (Phi) is 17.6. The highest BCUT2D eigenvalue weighted by atomic mass is 79.9. The number of hydrogen-bond acceptors (Lipinski definition) is 11. The third-order valence-corrected chi connectivity index (χ3v) is 11.2. The maximum Gasteiger partial charge on any atom is 0.337 e. The van der Waals surface area contributed by atoms with E-state index in [1.807, 2.05) is 84.9 Å². The van der Waals surface area contributed by atoms with Crippen LogP contribution in [0.3, 0.4) is 0 Å². The predicted molar refractivity (Wildman–Crippen MR) is 253 cm³/mol. The number of halogens is 1. The van der Waals surface area contributed by atoms with Gasteiger partial charge in [-0.3, -0.25) is 10.0 Å². The minimum atomic E-state index is -0.525. The Balaban J connectivity index is 0.000000149. The first-order chi connectivity index (χ1) is 31.3. The summed E-state index contributed by atoms with van der Waals surface area (Å²) in [5.41, 5.74) is 11.1. The molecule has 9 rings (SSSR count). The average molecular weight is 930 g/mol. The van der Waals surface area contributed by atoms with Gasteiger partial charge in [0.15, 0.2) is 0 Å². The Bertz CT molecular complexity index is 2320. The maximum absolute atomic E-state index is 11.7. The lowest BCUT2D eigenvalue weighted by Gasteiger charge is -2.31. The number of ether oxygens (including phenoxy) is 4. The molecular weight excluding hydrogens is 876 g/mol. The fraction of sp³-hybridized carbons (Fsp3) is 0.235. The van der Waals surface area contributed by atoms with Crippen molar-refractivity contribution in [1.29, 1.82) is 0 Å². The van der Waals surface area contributed by atoms with Crippen LogP contribution in [0.1, 0.15) is 59.7 Å². The average Bonchev–Trinajstić information content (AvgIpc) is 3.37. The number of hydrogen-bond donors (Lipinski definition) is 3. The molecule has 13 heteroatoms. The second kappa shape index (κ2) is 24.1. The number of carbonyl (C=O) groups is 3. The maximum atomic E-state index is 11.7.